The van der Waals surface area contributed by atoms with Gasteiger partial charge in [0.2, 0.25) is 0 Å². The van der Waals surface area contributed by atoms with E-state index in [0.717, 1.165) is 22.6 Å². The highest BCUT2D eigenvalue weighted by Crippen LogP contribution is 2.27. The van der Waals surface area contributed by atoms with Crippen LogP contribution < -0.4 is 15.4 Å². The summed E-state index contributed by atoms with van der Waals surface area (Å²) in [7, 11) is 0. The Morgan fingerprint density at radius 1 is 1.00 bits per heavy atom. The fourth-order valence-corrected chi connectivity index (χ4v) is 3.23. The van der Waals surface area contributed by atoms with Crippen molar-refractivity contribution >= 4 is 23.1 Å². The molecule has 0 atom stereocenters. The average molecular weight is 466 g/mol. The second kappa shape index (κ2) is 9.70. The summed E-state index contributed by atoms with van der Waals surface area (Å²) in [5.41, 5.74) is 4.13. The molecule has 0 bridgehead atoms. The number of aryl methyl sites for hydroxylation is 1. The van der Waals surface area contributed by atoms with Crippen LogP contribution in [0.15, 0.2) is 78.9 Å². The summed E-state index contributed by atoms with van der Waals surface area (Å²) in [6.45, 7) is 2.20. The van der Waals surface area contributed by atoms with E-state index in [1.54, 1.807) is 13.0 Å². The predicted octanol–water partition coefficient (Wildman–Crippen LogP) is 6.21. The van der Waals surface area contributed by atoms with Crippen LogP contribution in [-0.4, -0.2) is 22.3 Å². The topological polar surface area (TPSA) is 79.0 Å². The van der Waals surface area contributed by atoms with Crippen molar-refractivity contribution in [1.82, 2.24) is 10.2 Å². The predicted molar refractivity (Wildman–Crippen MR) is 124 cm³/mol. The number of nitrogens with one attached hydrogen (secondary N) is 3. The van der Waals surface area contributed by atoms with E-state index in [2.05, 4.69) is 15.5 Å². The van der Waals surface area contributed by atoms with Gasteiger partial charge >= 0.3 is 12.1 Å². The lowest BCUT2D eigenvalue weighted by atomic mass is 10.1. The molecule has 0 radical (unpaired) electrons. The summed E-state index contributed by atoms with van der Waals surface area (Å²) in [6.07, 6.45) is -4.94. The Morgan fingerprint density at radius 3 is 2.41 bits per heavy atom. The first-order chi connectivity index (χ1) is 16.3. The molecule has 6 nitrogen and oxygen atoms in total. The van der Waals surface area contributed by atoms with Gasteiger partial charge in [-0.15, -0.1) is 0 Å². The van der Waals surface area contributed by atoms with E-state index >= 15 is 0 Å². The molecule has 0 saturated heterocycles. The zero-order chi connectivity index (χ0) is 24.1. The molecule has 34 heavy (non-hydrogen) atoms. The minimum Gasteiger partial charge on any atom is -0.489 e. The number of benzene rings is 3. The number of aromatic amines is 1. The van der Waals surface area contributed by atoms with Crippen LogP contribution in [-0.2, 0) is 11.4 Å². The summed E-state index contributed by atoms with van der Waals surface area (Å²) in [5, 5.41) is 12.2. The first-order valence-corrected chi connectivity index (χ1v) is 10.4. The van der Waals surface area contributed by atoms with Crippen LogP contribution in [0.4, 0.5) is 30.4 Å². The Labute approximate surface area is 193 Å². The quantitative estimate of drug-likeness (QED) is 0.303. The summed E-state index contributed by atoms with van der Waals surface area (Å²) in [5.74, 6) is -0.727. The fourth-order valence-electron chi connectivity index (χ4n) is 3.23. The van der Waals surface area contributed by atoms with Crippen molar-refractivity contribution in [3.05, 3.63) is 90.0 Å². The van der Waals surface area contributed by atoms with Crippen molar-refractivity contribution in [3.63, 3.8) is 0 Å². The van der Waals surface area contributed by atoms with Gasteiger partial charge in [-0.2, -0.15) is 18.3 Å². The molecule has 0 aliphatic carbocycles. The van der Waals surface area contributed by atoms with Crippen LogP contribution in [0.3, 0.4) is 0 Å². The van der Waals surface area contributed by atoms with Crippen LogP contribution in [0.5, 0.6) is 5.75 Å². The summed E-state index contributed by atoms with van der Waals surface area (Å²) in [4.78, 5) is 11.1. The molecule has 4 aromatic rings. The van der Waals surface area contributed by atoms with Crippen molar-refractivity contribution in [1.29, 1.82) is 0 Å². The van der Waals surface area contributed by atoms with Gasteiger partial charge in [0.15, 0.2) is 5.82 Å². The zero-order valence-corrected chi connectivity index (χ0v) is 18.1. The van der Waals surface area contributed by atoms with Gasteiger partial charge in [-0.1, -0.05) is 30.3 Å². The minimum atomic E-state index is -4.94. The number of H-pyrrole nitrogens is 1. The largest absolute Gasteiger partial charge is 0.489 e. The highest BCUT2D eigenvalue weighted by Gasteiger charge is 2.38. The molecule has 3 N–H and O–H groups in total. The van der Waals surface area contributed by atoms with Crippen molar-refractivity contribution < 1.29 is 22.7 Å². The standard InChI is InChI=1S/C25H21F3N4O2/c1-16-13-19(29-24(33)25(26,27)28)9-12-21(16)30-23-14-22(31-32-23)18-7-10-20(11-8-18)34-15-17-5-3-2-4-6-17/h2-14H,15H2,1H3,(H,29,33)(H2,30,31,32). The van der Waals surface area contributed by atoms with Gasteiger partial charge in [-0.05, 0) is 66.1 Å². The number of aromatic nitrogens is 2. The maximum Gasteiger partial charge on any atom is 0.471 e. The number of hydrogen-bond acceptors (Lipinski definition) is 4. The Morgan fingerprint density at radius 2 is 1.74 bits per heavy atom. The number of alkyl halides is 3. The fraction of sp³-hybridized carbons (Fsp3) is 0.120. The first kappa shape index (κ1) is 22.9. The third-order valence-corrected chi connectivity index (χ3v) is 5.00. The molecule has 174 valence electrons. The van der Waals surface area contributed by atoms with Gasteiger partial charge in [-0.25, -0.2) is 0 Å². The molecule has 0 aliphatic rings. The van der Waals surface area contributed by atoms with Crippen molar-refractivity contribution in [2.45, 2.75) is 19.7 Å². The molecular weight excluding hydrogens is 445 g/mol. The van der Waals surface area contributed by atoms with Gasteiger partial charge in [0.1, 0.15) is 12.4 Å². The molecule has 0 unspecified atom stereocenters. The third kappa shape index (κ3) is 5.74. The minimum absolute atomic E-state index is 0.0580. The number of hydrogen-bond donors (Lipinski definition) is 3. The van der Waals surface area contributed by atoms with Crippen molar-refractivity contribution in [3.8, 4) is 17.0 Å². The lowest BCUT2D eigenvalue weighted by Gasteiger charge is -2.11. The number of anilines is 3. The van der Waals surface area contributed by atoms with Gasteiger partial charge in [0, 0.05) is 17.4 Å². The van der Waals surface area contributed by atoms with Gasteiger partial charge in [-0.3, -0.25) is 9.89 Å². The second-order valence-electron chi connectivity index (χ2n) is 7.57. The Hall–Kier alpha value is -4.27. The maximum atomic E-state index is 12.4. The molecule has 0 spiro atoms. The number of nitrogens with zero attached hydrogens (tertiary/aromatic N) is 1. The van der Waals surface area contributed by atoms with Crippen LogP contribution in [0, 0.1) is 6.92 Å². The summed E-state index contributed by atoms with van der Waals surface area (Å²) >= 11 is 0. The summed E-state index contributed by atoms with van der Waals surface area (Å²) in [6, 6.07) is 23.7. The number of halogens is 3. The molecule has 4 rings (SSSR count). The first-order valence-electron chi connectivity index (χ1n) is 10.4. The van der Waals surface area contributed by atoms with Gasteiger partial charge < -0.3 is 15.4 Å². The van der Waals surface area contributed by atoms with Crippen molar-refractivity contribution in [2.75, 3.05) is 10.6 Å². The number of amides is 1. The molecule has 1 amide bonds. The monoisotopic (exact) mass is 466 g/mol. The third-order valence-electron chi connectivity index (χ3n) is 5.00. The molecule has 0 saturated carbocycles. The lowest BCUT2D eigenvalue weighted by molar-refractivity contribution is -0.167. The highest BCUT2D eigenvalue weighted by molar-refractivity contribution is 5.95. The number of ether oxygens (including phenoxy) is 1. The van der Waals surface area contributed by atoms with Crippen molar-refractivity contribution in [2.24, 2.45) is 0 Å². The Kier molecular flexibility index (Phi) is 6.53. The Balaban J connectivity index is 1.38. The van der Waals surface area contributed by atoms with Crippen LogP contribution in [0.25, 0.3) is 11.3 Å². The van der Waals surface area contributed by atoms with Gasteiger partial charge in [0.25, 0.3) is 0 Å². The molecular formula is C25H21F3N4O2. The van der Waals surface area contributed by atoms with Crippen LogP contribution >= 0.6 is 0 Å². The van der Waals surface area contributed by atoms with E-state index in [4.69, 9.17) is 4.74 Å². The van der Waals surface area contributed by atoms with E-state index in [0.29, 0.717) is 23.7 Å². The molecule has 1 heterocycles. The van der Waals surface area contributed by atoms with E-state index < -0.39 is 12.1 Å². The zero-order valence-electron chi connectivity index (χ0n) is 18.1. The highest BCUT2D eigenvalue weighted by atomic mass is 19.4. The molecule has 3 aromatic carbocycles. The number of carbonyl (C=O) groups is 1. The van der Waals surface area contributed by atoms with Crippen LogP contribution in [0.2, 0.25) is 0 Å². The normalized spacial score (nSPS) is 11.2. The lowest BCUT2D eigenvalue weighted by Crippen LogP contribution is -2.29. The molecule has 9 heteroatoms. The van der Waals surface area contributed by atoms with Gasteiger partial charge in [0.05, 0.1) is 5.69 Å². The number of rotatable bonds is 7. The maximum absolute atomic E-state index is 12.4. The SMILES string of the molecule is Cc1cc(NC(=O)C(F)(F)F)ccc1Nc1cc(-c2ccc(OCc3ccccc3)cc2)[nH]n1. The van der Waals surface area contributed by atoms with E-state index in [-0.39, 0.29) is 5.69 Å². The van der Waals surface area contributed by atoms with Crippen LogP contribution in [0.1, 0.15) is 11.1 Å². The molecule has 0 fully saturated rings. The van der Waals surface area contributed by atoms with E-state index in [9.17, 15) is 18.0 Å². The Bertz CT molecular complexity index is 1270. The van der Waals surface area contributed by atoms with E-state index in [1.165, 1.54) is 12.1 Å². The summed E-state index contributed by atoms with van der Waals surface area (Å²) < 4.78 is 43.1. The van der Waals surface area contributed by atoms with E-state index in [1.807, 2.05) is 66.0 Å². The number of carbonyl (C=O) groups excluding carboxylic acids is 1. The molecule has 1 aromatic heterocycles. The second-order valence-corrected chi connectivity index (χ2v) is 7.57. The average Bonchev–Trinajstić information content (AvgIpc) is 3.28. The molecule has 0 aliphatic heterocycles. The smallest absolute Gasteiger partial charge is 0.471 e.